The summed E-state index contributed by atoms with van der Waals surface area (Å²) in [5, 5.41) is 5.63. The zero-order valence-corrected chi connectivity index (χ0v) is 16.5. The van der Waals surface area contributed by atoms with Gasteiger partial charge in [0.15, 0.2) is 0 Å². The van der Waals surface area contributed by atoms with E-state index in [9.17, 15) is 0 Å². The van der Waals surface area contributed by atoms with Gasteiger partial charge < -0.3 is 10.2 Å². The Morgan fingerprint density at radius 3 is 2.57 bits per heavy atom. The largest absolute Gasteiger partial charge is 0.369 e. The van der Waals surface area contributed by atoms with Crippen molar-refractivity contribution in [2.75, 3.05) is 11.9 Å². The lowest BCUT2D eigenvalue weighted by molar-refractivity contribution is 0.588. The van der Waals surface area contributed by atoms with E-state index in [1.54, 1.807) is 11.3 Å². The highest BCUT2D eigenvalue weighted by molar-refractivity contribution is 9.10. The monoisotopic (exact) mass is 430 g/mol. The molecule has 0 saturated heterocycles. The summed E-state index contributed by atoms with van der Waals surface area (Å²) in [6.07, 6.45) is 0. The summed E-state index contributed by atoms with van der Waals surface area (Å²) < 4.78 is 2.27. The predicted molar refractivity (Wildman–Crippen MR) is 100 cm³/mol. The average Bonchev–Trinajstić information content (AvgIpc) is 2.82. The van der Waals surface area contributed by atoms with Crippen LogP contribution in [-0.2, 0) is 13.1 Å². The molecule has 2 aromatic rings. The molecule has 2 nitrogen and oxygen atoms in total. The summed E-state index contributed by atoms with van der Waals surface area (Å²) in [4.78, 5) is 3.66. The smallest absolute Gasteiger partial charge is 0.0520 e. The van der Waals surface area contributed by atoms with Crippen LogP contribution in [0.4, 0.5) is 5.69 Å². The number of hydrogen-bond acceptors (Lipinski definition) is 3. The van der Waals surface area contributed by atoms with Gasteiger partial charge in [-0.25, -0.2) is 0 Å². The van der Waals surface area contributed by atoms with Gasteiger partial charge in [-0.15, -0.1) is 11.3 Å². The second-order valence-corrected chi connectivity index (χ2v) is 8.22. The molecule has 1 N–H and O–H groups in total. The van der Waals surface area contributed by atoms with Crippen LogP contribution in [0.3, 0.4) is 0 Å². The number of halogens is 2. The van der Waals surface area contributed by atoms with Crippen LogP contribution in [0.2, 0.25) is 0 Å². The van der Waals surface area contributed by atoms with Gasteiger partial charge in [-0.3, -0.25) is 0 Å². The molecule has 0 aliphatic heterocycles. The Balaban J connectivity index is 2.17. The molecule has 0 atom stereocenters. The van der Waals surface area contributed by atoms with Crippen LogP contribution in [-0.4, -0.2) is 13.1 Å². The molecule has 0 spiro atoms. The molecule has 114 valence electrons. The fourth-order valence-electron chi connectivity index (χ4n) is 2.11. The summed E-state index contributed by atoms with van der Waals surface area (Å²) in [6.45, 7) is 6.15. The molecule has 0 amide bonds. The molecule has 0 aliphatic rings. The molecule has 0 radical (unpaired) electrons. The highest BCUT2D eigenvalue weighted by Crippen LogP contribution is 2.28. The van der Waals surface area contributed by atoms with E-state index in [1.807, 2.05) is 0 Å². The van der Waals surface area contributed by atoms with E-state index >= 15 is 0 Å². The maximum atomic E-state index is 3.58. The number of nitrogens with one attached hydrogen (secondary N) is 1. The minimum Gasteiger partial charge on any atom is -0.369 e. The Morgan fingerprint density at radius 2 is 1.95 bits per heavy atom. The number of nitrogens with zero attached hydrogens (tertiary/aromatic N) is 1. The fourth-order valence-corrected chi connectivity index (χ4v) is 3.96. The summed E-state index contributed by atoms with van der Waals surface area (Å²) >= 11 is 8.89. The van der Waals surface area contributed by atoms with E-state index < -0.39 is 0 Å². The third-order valence-corrected chi connectivity index (χ3v) is 5.35. The van der Waals surface area contributed by atoms with Crippen LogP contribution in [0, 0.1) is 0 Å². The molecular weight excluding hydrogens is 412 g/mol. The topological polar surface area (TPSA) is 15.3 Å². The number of rotatable bonds is 6. The SMILES string of the molecule is CC(C)NCc1ccc(Br)cc1N(C)Cc1cc(Br)cs1. The number of anilines is 1. The predicted octanol–water partition coefficient (Wildman–Crippen LogP) is 5.41. The van der Waals surface area contributed by atoms with Crippen LogP contribution in [0.15, 0.2) is 38.6 Å². The van der Waals surface area contributed by atoms with Gasteiger partial charge in [-0.1, -0.05) is 35.8 Å². The standard InChI is InChI=1S/C16H20Br2N2S/c1-11(2)19-8-12-4-5-13(17)7-16(12)20(3)9-15-6-14(18)10-21-15/h4-7,10-11,19H,8-9H2,1-3H3. The first-order valence-corrected chi connectivity index (χ1v) is 9.38. The fraction of sp³-hybridized carbons (Fsp3) is 0.375. The molecule has 1 aromatic heterocycles. The number of benzene rings is 1. The Morgan fingerprint density at radius 1 is 1.19 bits per heavy atom. The summed E-state index contributed by atoms with van der Waals surface area (Å²) in [5.41, 5.74) is 2.59. The van der Waals surface area contributed by atoms with Crippen LogP contribution >= 0.6 is 43.2 Å². The zero-order valence-electron chi connectivity index (χ0n) is 12.5. The molecule has 0 aliphatic carbocycles. The first kappa shape index (κ1) is 17.0. The van der Waals surface area contributed by atoms with E-state index in [4.69, 9.17) is 0 Å². The minimum absolute atomic E-state index is 0.486. The van der Waals surface area contributed by atoms with Crippen LogP contribution in [0.1, 0.15) is 24.3 Å². The van der Waals surface area contributed by atoms with E-state index in [-0.39, 0.29) is 0 Å². The van der Waals surface area contributed by atoms with Gasteiger partial charge in [0, 0.05) is 44.5 Å². The molecule has 1 aromatic carbocycles. The van der Waals surface area contributed by atoms with Gasteiger partial charge in [0.05, 0.1) is 6.54 Å². The van der Waals surface area contributed by atoms with Crippen LogP contribution in [0.5, 0.6) is 0 Å². The lowest BCUT2D eigenvalue weighted by Gasteiger charge is -2.23. The van der Waals surface area contributed by atoms with E-state index in [1.165, 1.54) is 16.1 Å². The van der Waals surface area contributed by atoms with Crippen molar-refractivity contribution in [3.05, 3.63) is 49.0 Å². The Bertz CT molecular complexity index is 596. The third-order valence-electron chi connectivity index (χ3n) is 3.17. The maximum Gasteiger partial charge on any atom is 0.0520 e. The Labute approximate surface area is 147 Å². The van der Waals surface area contributed by atoms with E-state index in [0.29, 0.717) is 6.04 Å². The van der Waals surface area contributed by atoms with Crippen LogP contribution in [0.25, 0.3) is 0 Å². The summed E-state index contributed by atoms with van der Waals surface area (Å²) in [7, 11) is 2.15. The third kappa shape index (κ3) is 5.09. The van der Waals surface area contributed by atoms with Gasteiger partial charge >= 0.3 is 0 Å². The highest BCUT2D eigenvalue weighted by Gasteiger charge is 2.10. The molecule has 2 rings (SSSR count). The second-order valence-electron chi connectivity index (χ2n) is 5.40. The quantitative estimate of drug-likeness (QED) is 0.657. The lowest BCUT2D eigenvalue weighted by Crippen LogP contribution is -2.24. The second kappa shape index (κ2) is 7.77. The number of thiophene rings is 1. The van der Waals surface area contributed by atoms with E-state index in [2.05, 4.69) is 92.6 Å². The molecule has 5 heteroatoms. The molecule has 0 fully saturated rings. The summed E-state index contributed by atoms with van der Waals surface area (Å²) in [5.74, 6) is 0. The van der Waals surface area contributed by atoms with Crippen molar-refractivity contribution < 1.29 is 0 Å². The molecule has 0 unspecified atom stereocenters. The first-order chi connectivity index (χ1) is 9.95. The van der Waals surface area contributed by atoms with Gasteiger partial charge in [-0.2, -0.15) is 0 Å². The van der Waals surface area contributed by atoms with Gasteiger partial charge in [0.1, 0.15) is 0 Å². The van der Waals surface area contributed by atoms with Crippen LogP contribution < -0.4 is 10.2 Å². The van der Waals surface area contributed by atoms with Gasteiger partial charge in [0.25, 0.3) is 0 Å². The van der Waals surface area contributed by atoms with Crippen molar-refractivity contribution in [2.45, 2.75) is 33.0 Å². The Kier molecular flexibility index (Phi) is 6.29. The normalized spacial score (nSPS) is 11.1. The maximum absolute atomic E-state index is 3.58. The van der Waals surface area contributed by atoms with E-state index in [0.717, 1.165) is 22.0 Å². The minimum atomic E-state index is 0.486. The lowest BCUT2D eigenvalue weighted by atomic mass is 10.1. The highest BCUT2D eigenvalue weighted by atomic mass is 79.9. The zero-order chi connectivity index (χ0) is 15.4. The van der Waals surface area contributed by atoms with Crippen molar-refractivity contribution in [1.29, 1.82) is 0 Å². The molecule has 0 bridgehead atoms. The number of hydrogen-bond donors (Lipinski definition) is 1. The van der Waals surface area contributed by atoms with Crippen molar-refractivity contribution in [3.8, 4) is 0 Å². The van der Waals surface area contributed by atoms with Gasteiger partial charge in [-0.05, 0) is 39.7 Å². The Hall–Kier alpha value is -0.360. The summed E-state index contributed by atoms with van der Waals surface area (Å²) in [6, 6.07) is 9.16. The van der Waals surface area contributed by atoms with Gasteiger partial charge in [0.2, 0.25) is 0 Å². The molecule has 21 heavy (non-hydrogen) atoms. The van der Waals surface area contributed by atoms with Crippen molar-refractivity contribution in [3.63, 3.8) is 0 Å². The van der Waals surface area contributed by atoms with Crippen molar-refractivity contribution in [1.82, 2.24) is 5.32 Å². The van der Waals surface area contributed by atoms with Crippen molar-refractivity contribution >= 4 is 48.9 Å². The molecule has 0 saturated carbocycles. The first-order valence-electron chi connectivity index (χ1n) is 6.91. The molecule has 1 heterocycles. The average molecular weight is 432 g/mol. The van der Waals surface area contributed by atoms with Crippen molar-refractivity contribution in [2.24, 2.45) is 0 Å². The molecular formula is C16H20Br2N2S.